The van der Waals surface area contributed by atoms with Crippen molar-refractivity contribution in [2.24, 2.45) is 0 Å². The molecule has 0 radical (unpaired) electrons. The third kappa shape index (κ3) is 4.25. The van der Waals surface area contributed by atoms with E-state index in [1.807, 2.05) is 6.20 Å². The van der Waals surface area contributed by atoms with Gasteiger partial charge in [-0.25, -0.2) is 0 Å². The van der Waals surface area contributed by atoms with Gasteiger partial charge in [0, 0.05) is 12.7 Å². The molecule has 5 nitrogen and oxygen atoms in total. The number of hydrogen-bond acceptors (Lipinski definition) is 5. The molecule has 5 heteroatoms. The zero-order valence-corrected chi connectivity index (χ0v) is 17.7. The van der Waals surface area contributed by atoms with Crippen molar-refractivity contribution in [2.45, 2.75) is 64.5 Å². The van der Waals surface area contributed by atoms with Gasteiger partial charge in [-0.2, -0.15) is 4.98 Å². The lowest BCUT2D eigenvalue weighted by Gasteiger charge is -2.26. The van der Waals surface area contributed by atoms with Gasteiger partial charge in [0.15, 0.2) is 5.82 Å². The number of benzene rings is 1. The summed E-state index contributed by atoms with van der Waals surface area (Å²) in [7, 11) is 2.06. The third-order valence-corrected chi connectivity index (χ3v) is 6.09. The number of hydrogen-bond donors (Lipinski definition) is 0. The Balaban J connectivity index is 1.48. The van der Waals surface area contributed by atoms with Crippen LogP contribution in [-0.4, -0.2) is 27.1 Å². The molecule has 4 rings (SSSR count). The monoisotopic (exact) mass is 390 g/mol. The number of aryl methyl sites for hydroxylation is 2. The Morgan fingerprint density at radius 2 is 1.79 bits per heavy atom. The van der Waals surface area contributed by atoms with Gasteiger partial charge >= 0.3 is 0 Å². The highest BCUT2D eigenvalue weighted by Gasteiger charge is 2.41. The minimum absolute atomic E-state index is 0.106. The normalized spacial score (nSPS) is 15.9. The molecule has 0 atom stereocenters. The van der Waals surface area contributed by atoms with Crippen LogP contribution in [0.1, 0.15) is 66.7 Å². The number of nitrogens with zero attached hydrogens (tertiary/aromatic N) is 4. The highest BCUT2D eigenvalue weighted by molar-refractivity contribution is 5.35. The van der Waals surface area contributed by atoms with E-state index < -0.39 is 0 Å². The van der Waals surface area contributed by atoms with Gasteiger partial charge < -0.3 is 4.52 Å². The summed E-state index contributed by atoms with van der Waals surface area (Å²) in [4.78, 5) is 11.5. The van der Waals surface area contributed by atoms with E-state index in [1.54, 1.807) is 0 Å². The molecule has 0 saturated heterocycles. The minimum atomic E-state index is -0.106. The average Bonchev–Trinajstić information content (AvgIpc) is 3.39. The molecule has 0 aliphatic heterocycles. The molecule has 1 aliphatic carbocycles. The van der Waals surface area contributed by atoms with Crippen molar-refractivity contribution < 1.29 is 4.52 Å². The predicted octanol–water partition coefficient (Wildman–Crippen LogP) is 4.83. The molecule has 29 heavy (non-hydrogen) atoms. The van der Waals surface area contributed by atoms with E-state index in [2.05, 4.69) is 72.3 Å². The molecule has 0 spiro atoms. The van der Waals surface area contributed by atoms with E-state index in [-0.39, 0.29) is 5.41 Å². The first kappa shape index (κ1) is 19.8. The fourth-order valence-corrected chi connectivity index (χ4v) is 4.33. The number of pyridine rings is 1. The standard InChI is InChI=1S/C24H30N4O/c1-4-19-9-12-21(25-15-19)16-28(3)17-22-26-23(27-29-22)24(13-5-6-14-24)20-10-7-18(2)8-11-20/h7-12,15H,4-6,13-14,16-17H2,1-3H3. The first-order valence-electron chi connectivity index (χ1n) is 10.6. The molecule has 1 fully saturated rings. The second-order valence-electron chi connectivity index (χ2n) is 8.35. The molecule has 152 valence electrons. The first-order valence-corrected chi connectivity index (χ1v) is 10.6. The Morgan fingerprint density at radius 1 is 1.03 bits per heavy atom. The second-order valence-corrected chi connectivity index (χ2v) is 8.35. The molecule has 1 saturated carbocycles. The van der Waals surface area contributed by atoms with Gasteiger partial charge in [-0.1, -0.05) is 60.8 Å². The molecule has 0 N–H and O–H groups in total. The summed E-state index contributed by atoms with van der Waals surface area (Å²) in [6, 6.07) is 13.1. The molecular formula is C24H30N4O. The molecule has 2 aromatic heterocycles. The molecule has 0 unspecified atom stereocenters. The van der Waals surface area contributed by atoms with Crippen molar-refractivity contribution in [2.75, 3.05) is 7.05 Å². The molecule has 1 aromatic carbocycles. The molecule has 1 aliphatic rings. The van der Waals surface area contributed by atoms with Crippen LogP contribution in [-0.2, 0) is 24.9 Å². The Hall–Kier alpha value is -2.53. The van der Waals surface area contributed by atoms with Crippen LogP contribution in [0.25, 0.3) is 0 Å². The van der Waals surface area contributed by atoms with Gasteiger partial charge in [0.25, 0.3) is 0 Å². The van der Waals surface area contributed by atoms with Crippen LogP contribution < -0.4 is 0 Å². The quantitative estimate of drug-likeness (QED) is 0.578. The molecule has 3 aromatic rings. The Kier molecular flexibility index (Phi) is 5.76. The Bertz CT molecular complexity index is 924. The largest absolute Gasteiger partial charge is 0.338 e. The highest BCUT2D eigenvalue weighted by Crippen LogP contribution is 2.45. The zero-order chi connectivity index (χ0) is 20.3. The lowest BCUT2D eigenvalue weighted by molar-refractivity contribution is 0.257. The molecule has 2 heterocycles. The van der Waals surface area contributed by atoms with Crippen LogP contribution in [0.3, 0.4) is 0 Å². The average molecular weight is 391 g/mol. The van der Waals surface area contributed by atoms with Crippen LogP contribution in [0.5, 0.6) is 0 Å². The fourth-order valence-electron chi connectivity index (χ4n) is 4.33. The lowest BCUT2D eigenvalue weighted by atomic mass is 9.78. The SMILES string of the molecule is CCc1ccc(CN(C)Cc2nc(C3(c4ccc(C)cc4)CCCC3)no2)nc1. The van der Waals surface area contributed by atoms with Gasteiger partial charge in [-0.3, -0.25) is 9.88 Å². The summed E-state index contributed by atoms with van der Waals surface area (Å²) in [5, 5.41) is 4.42. The van der Waals surface area contributed by atoms with Crippen molar-refractivity contribution in [1.82, 2.24) is 20.0 Å². The van der Waals surface area contributed by atoms with E-state index in [0.29, 0.717) is 12.4 Å². The summed E-state index contributed by atoms with van der Waals surface area (Å²) in [5.74, 6) is 1.51. The minimum Gasteiger partial charge on any atom is -0.338 e. The van der Waals surface area contributed by atoms with E-state index >= 15 is 0 Å². The summed E-state index contributed by atoms with van der Waals surface area (Å²) in [6.45, 7) is 5.64. The van der Waals surface area contributed by atoms with E-state index in [9.17, 15) is 0 Å². The van der Waals surface area contributed by atoms with Crippen LogP contribution in [0.15, 0.2) is 47.1 Å². The second kappa shape index (κ2) is 8.46. The van der Waals surface area contributed by atoms with Gasteiger partial charge in [0.05, 0.1) is 17.7 Å². The van der Waals surface area contributed by atoms with Crippen molar-refractivity contribution in [1.29, 1.82) is 0 Å². The predicted molar refractivity (Wildman–Crippen MR) is 114 cm³/mol. The zero-order valence-electron chi connectivity index (χ0n) is 17.7. The highest BCUT2D eigenvalue weighted by atomic mass is 16.5. The Morgan fingerprint density at radius 3 is 2.45 bits per heavy atom. The van der Waals surface area contributed by atoms with Crippen molar-refractivity contribution in [3.8, 4) is 0 Å². The smallest absolute Gasteiger partial charge is 0.240 e. The van der Waals surface area contributed by atoms with Crippen LogP contribution in [0, 0.1) is 6.92 Å². The number of rotatable bonds is 7. The van der Waals surface area contributed by atoms with E-state index in [0.717, 1.165) is 37.3 Å². The van der Waals surface area contributed by atoms with Crippen molar-refractivity contribution >= 4 is 0 Å². The molecule has 0 amide bonds. The van der Waals surface area contributed by atoms with Gasteiger partial charge in [-0.05, 0) is 50.4 Å². The van der Waals surface area contributed by atoms with Crippen LogP contribution >= 0.6 is 0 Å². The van der Waals surface area contributed by atoms with Gasteiger partial charge in [0.2, 0.25) is 5.89 Å². The van der Waals surface area contributed by atoms with Gasteiger partial charge in [-0.15, -0.1) is 0 Å². The summed E-state index contributed by atoms with van der Waals surface area (Å²) in [6.07, 6.45) is 7.54. The summed E-state index contributed by atoms with van der Waals surface area (Å²) >= 11 is 0. The maximum absolute atomic E-state index is 5.67. The van der Waals surface area contributed by atoms with Crippen LogP contribution in [0.4, 0.5) is 0 Å². The van der Waals surface area contributed by atoms with Crippen molar-refractivity contribution in [3.63, 3.8) is 0 Å². The third-order valence-electron chi connectivity index (χ3n) is 6.09. The number of aromatic nitrogens is 3. The van der Waals surface area contributed by atoms with Crippen LogP contribution in [0.2, 0.25) is 0 Å². The Labute approximate surface area is 173 Å². The van der Waals surface area contributed by atoms with Crippen molar-refractivity contribution in [3.05, 3.63) is 76.7 Å². The van der Waals surface area contributed by atoms with E-state index in [4.69, 9.17) is 9.51 Å². The molecular weight excluding hydrogens is 360 g/mol. The first-order chi connectivity index (χ1) is 14.1. The topological polar surface area (TPSA) is 55.1 Å². The van der Waals surface area contributed by atoms with E-state index in [1.165, 1.54) is 29.5 Å². The lowest BCUT2D eigenvalue weighted by Crippen LogP contribution is -2.25. The summed E-state index contributed by atoms with van der Waals surface area (Å²) < 4.78 is 5.67. The van der Waals surface area contributed by atoms with Gasteiger partial charge in [0.1, 0.15) is 0 Å². The maximum atomic E-state index is 5.67. The fraction of sp³-hybridized carbons (Fsp3) is 0.458. The maximum Gasteiger partial charge on any atom is 0.240 e. The molecule has 0 bridgehead atoms. The summed E-state index contributed by atoms with van der Waals surface area (Å²) in [5.41, 5.74) is 4.79.